The first-order valence-electron chi connectivity index (χ1n) is 7.99. The smallest absolute Gasteiger partial charge is 0.336 e. The molecule has 25 heavy (non-hydrogen) atoms. The fraction of sp³-hybridized carbons (Fsp3) is 0.600. The lowest BCUT2D eigenvalue weighted by molar-refractivity contribution is -0.152. The number of hydrogen-bond acceptors (Lipinski definition) is 6. The van der Waals surface area contributed by atoms with E-state index in [0.29, 0.717) is 26.1 Å². The Balaban J connectivity index is 1.66. The number of sulfonamides is 1. The molecule has 0 saturated carbocycles. The van der Waals surface area contributed by atoms with Gasteiger partial charge in [-0.15, -0.1) is 11.3 Å². The third kappa shape index (κ3) is 3.43. The number of hydrogen-bond donors (Lipinski definition) is 1. The van der Waals surface area contributed by atoms with Gasteiger partial charge in [-0.05, 0) is 25.8 Å². The lowest BCUT2D eigenvalue weighted by Crippen LogP contribution is -2.55. The molecule has 1 amide bonds. The summed E-state index contributed by atoms with van der Waals surface area (Å²) in [4.78, 5) is 25.2. The summed E-state index contributed by atoms with van der Waals surface area (Å²) in [6, 6.07) is 1.17. The molecule has 1 aromatic rings. The number of ether oxygens (including phenoxy) is 1. The number of rotatable bonds is 4. The van der Waals surface area contributed by atoms with Crippen LogP contribution >= 0.6 is 11.3 Å². The van der Waals surface area contributed by atoms with Crippen molar-refractivity contribution in [3.05, 3.63) is 17.0 Å². The van der Waals surface area contributed by atoms with E-state index in [-0.39, 0.29) is 28.8 Å². The predicted molar refractivity (Wildman–Crippen MR) is 90.2 cm³/mol. The summed E-state index contributed by atoms with van der Waals surface area (Å²) >= 11 is 0.894. The van der Waals surface area contributed by atoms with Crippen molar-refractivity contribution in [2.45, 2.75) is 29.6 Å². The monoisotopic (exact) mass is 388 g/mol. The highest BCUT2D eigenvalue weighted by Crippen LogP contribution is 2.29. The zero-order valence-corrected chi connectivity index (χ0v) is 15.4. The third-order valence-electron chi connectivity index (χ3n) is 4.61. The molecule has 3 heterocycles. The van der Waals surface area contributed by atoms with Crippen LogP contribution in [-0.4, -0.2) is 73.0 Å². The van der Waals surface area contributed by atoms with Crippen LogP contribution in [0.15, 0.2) is 15.7 Å². The summed E-state index contributed by atoms with van der Waals surface area (Å²) in [6.45, 7) is 3.32. The van der Waals surface area contributed by atoms with Crippen LogP contribution in [0, 0.1) is 0 Å². The normalized spacial score (nSPS) is 25.2. The van der Waals surface area contributed by atoms with Crippen molar-refractivity contribution in [2.75, 3.05) is 32.8 Å². The molecule has 2 saturated heterocycles. The second-order valence-electron chi connectivity index (χ2n) is 6.34. The number of carbonyl (C=O) groups is 2. The molecular formula is C15H20N2O6S2. The van der Waals surface area contributed by atoms with Crippen molar-refractivity contribution in [2.24, 2.45) is 0 Å². The Labute approximate surface area is 150 Å². The third-order valence-corrected chi connectivity index (χ3v) is 7.93. The van der Waals surface area contributed by atoms with Crippen LogP contribution in [0.1, 0.15) is 30.1 Å². The maximum Gasteiger partial charge on any atom is 0.336 e. The summed E-state index contributed by atoms with van der Waals surface area (Å²) in [6.07, 6.45) is 1.53. The van der Waals surface area contributed by atoms with Crippen LogP contribution < -0.4 is 0 Å². The summed E-state index contributed by atoms with van der Waals surface area (Å²) in [5, 5.41) is 10.3. The maximum atomic E-state index is 12.6. The zero-order valence-electron chi connectivity index (χ0n) is 13.8. The molecule has 1 N–H and O–H groups in total. The molecule has 3 rings (SSSR count). The number of amides is 1. The number of thiophene rings is 1. The fourth-order valence-corrected chi connectivity index (χ4v) is 5.83. The summed E-state index contributed by atoms with van der Waals surface area (Å²) < 4.78 is 32.1. The van der Waals surface area contributed by atoms with E-state index in [1.807, 2.05) is 0 Å². The topological polar surface area (TPSA) is 104 Å². The SMILES string of the molecule is CC1(C(=O)N2CCN(S(=O)(=O)c3cc(C(=O)O)cs3)CC2)CCCO1. The second kappa shape index (κ2) is 6.67. The standard InChI is InChI=1S/C15H20N2O6S2/c1-15(3-2-8-23-15)14(20)16-4-6-17(7-5-16)25(21,22)12-9-11(10-24-12)13(18)19/h9-10H,2-8H2,1H3,(H,18,19). The molecule has 2 aliphatic rings. The van der Waals surface area contributed by atoms with Crippen molar-refractivity contribution in [1.82, 2.24) is 9.21 Å². The Kier molecular flexibility index (Phi) is 4.89. The molecule has 138 valence electrons. The van der Waals surface area contributed by atoms with E-state index >= 15 is 0 Å². The zero-order chi connectivity index (χ0) is 18.2. The molecule has 2 fully saturated rings. The van der Waals surface area contributed by atoms with E-state index in [0.717, 1.165) is 17.8 Å². The Hall–Kier alpha value is -1.49. The van der Waals surface area contributed by atoms with Crippen LogP contribution in [0.25, 0.3) is 0 Å². The molecule has 10 heteroatoms. The summed E-state index contributed by atoms with van der Waals surface area (Å²) in [5.74, 6) is -1.25. The van der Waals surface area contributed by atoms with Gasteiger partial charge in [-0.1, -0.05) is 0 Å². The summed E-state index contributed by atoms with van der Waals surface area (Å²) in [5.41, 5.74) is -0.839. The van der Waals surface area contributed by atoms with Gasteiger partial charge in [-0.3, -0.25) is 4.79 Å². The predicted octanol–water partition coefficient (Wildman–Crippen LogP) is 0.848. The molecule has 0 bridgehead atoms. The summed E-state index contributed by atoms with van der Waals surface area (Å²) in [7, 11) is -3.74. The van der Waals surface area contributed by atoms with Crippen LogP contribution in [0.2, 0.25) is 0 Å². The quantitative estimate of drug-likeness (QED) is 0.820. The van der Waals surface area contributed by atoms with Gasteiger partial charge in [0.05, 0.1) is 5.56 Å². The van der Waals surface area contributed by atoms with Gasteiger partial charge in [0, 0.05) is 38.2 Å². The van der Waals surface area contributed by atoms with Gasteiger partial charge in [-0.25, -0.2) is 13.2 Å². The first-order chi connectivity index (χ1) is 11.7. The molecule has 0 aromatic carbocycles. The van der Waals surface area contributed by atoms with Crippen LogP contribution in [0.3, 0.4) is 0 Å². The molecule has 0 radical (unpaired) electrons. The van der Waals surface area contributed by atoms with E-state index in [2.05, 4.69) is 0 Å². The molecule has 1 atom stereocenters. The Bertz CT molecular complexity index is 774. The van der Waals surface area contributed by atoms with Crippen LogP contribution in [0.4, 0.5) is 0 Å². The molecule has 0 aliphatic carbocycles. The molecule has 0 spiro atoms. The second-order valence-corrected chi connectivity index (χ2v) is 9.41. The van der Waals surface area contributed by atoms with Crippen molar-refractivity contribution in [3.8, 4) is 0 Å². The van der Waals surface area contributed by atoms with Crippen LogP contribution in [-0.2, 0) is 19.6 Å². The largest absolute Gasteiger partial charge is 0.478 e. The van der Waals surface area contributed by atoms with E-state index in [1.54, 1.807) is 11.8 Å². The molecule has 1 aromatic heterocycles. The van der Waals surface area contributed by atoms with Gasteiger partial charge in [0.25, 0.3) is 15.9 Å². The highest BCUT2D eigenvalue weighted by Gasteiger charge is 2.42. The van der Waals surface area contributed by atoms with Gasteiger partial charge >= 0.3 is 5.97 Å². The minimum absolute atomic E-state index is 0.00997. The van der Waals surface area contributed by atoms with Crippen molar-refractivity contribution in [3.63, 3.8) is 0 Å². The minimum Gasteiger partial charge on any atom is -0.478 e. The average Bonchev–Trinajstić information content (AvgIpc) is 3.24. The number of carboxylic acid groups (broad SMARTS) is 1. The lowest BCUT2D eigenvalue weighted by atomic mass is 10.0. The molecular weight excluding hydrogens is 368 g/mol. The van der Waals surface area contributed by atoms with Gasteiger partial charge < -0.3 is 14.7 Å². The van der Waals surface area contributed by atoms with Gasteiger partial charge in [0.2, 0.25) is 0 Å². The number of nitrogens with zero attached hydrogens (tertiary/aromatic N) is 2. The maximum absolute atomic E-state index is 12.6. The molecule has 2 aliphatic heterocycles. The number of piperazine rings is 1. The first kappa shape index (κ1) is 18.3. The number of carbonyl (C=O) groups excluding carboxylic acids is 1. The highest BCUT2D eigenvalue weighted by molar-refractivity contribution is 7.91. The average molecular weight is 388 g/mol. The highest BCUT2D eigenvalue weighted by atomic mass is 32.2. The van der Waals surface area contributed by atoms with Gasteiger partial charge in [-0.2, -0.15) is 4.31 Å². The number of aromatic carboxylic acids is 1. The van der Waals surface area contributed by atoms with E-state index in [9.17, 15) is 18.0 Å². The van der Waals surface area contributed by atoms with Gasteiger partial charge in [0.1, 0.15) is 9.81 Å². The van der Waals surface area contributed by atoms with E-state index < -0.39 is 21.6 Å². The number of carboxylic acids is 1. The van der Waals surface area contributed by atoms with Crippen molar-refractivity contribution < 1.29 is 27.9 Å². The molecule has 8 nitrogen and oxygen atoms in total. The molecule has 1 unspecified atom stereocenters. The van der Waals surface area contributed by atoms with Crippen molar-refractivity contribution >= 4 is 33.2 Å². The Morgan fingerprint density at radius 2 is 1.96 bits per heavy atom. The first-order valence-corrected chi connectivity index (χ1v) is 10.3. The van der Waals surface area contributed by atoms with Crippen LogP contribution in [0.5, 0.6) is 0 Å². The lowest BCUT2D eigenvalue weighted by Gasteiger charge is -2.37. The minimum atomic E-state index is -3.74. The van der Waals surface area contributed by atoms with E-state index in [1.165, 1.54) is 15.8 Å². The van der Waals surface area contributed by atoms with E-state index in [4.69, 9.17) is 9.84 Å². The van der Waals surface area contributed by atoms with Crippen molar-refractivity contribution in [1.29, 1.82) is 0 Å². The Morgan fingerprint density at radius 3 is 2.48 bits per heavy atom. The fourth-order valence-electron chi connectivity index (χ4n) is 3.11. The van der Waals surface area contributed by atoms with Gasteiger partial charge in [0.15, 0.2) is 0 Å². The Morgan fingerprint density at radius 1 is 1.28 bits per heavy atom.